The number of carbonyl (C=O) groups is 1. The lowest BCUT2D eigenvalue weighted by Gasteiger charge is -2.08. The Morgan fingerprint density at radius 2 is 2.12 bits per heavy atom. The molecule has 0 radical (unpaired) electrons. The molecular formula is C11H7O4S-. The first kappa shape index (κ1) is 10.6. The van der Waals surface area contributed by atoms with Gasteiger partial charge in [-0.1, -0.05) is 23.5 Å². The molecule has 0 aliphatic rings. The largest absolute Gasteiger partial charge is 0.546 e. The average molecular weight is 235 g/mol. The van der Waals surface area contributed by atoms with Gasteiger partial charge in [-0.3, -0.25) is 4.79 Å². The Labute approximate surface area is 94.7 Å². The predicted octanol–water partition coefficient (Wildman–Crippen LogP) is 0.390. The van der Waals surface area contributed by atoms with E-state index in [0.29, 0.717) is 0 Å². The summed E-state index contributed by atoms with van der Waals surface area (Å²) in [7, 11) is 0. The van der Waals surface area contributed by atoms with Gasteiger partial charge in [0.2, 0.25) is 4.74 Å². The molecule has 0 aliphatic carbocycles. The number of carbonyl (C=O) groups excluding carboxylic acids is 1. The summed E-state index contributed by atoms with van der Waals surface area (Å²) in [5, 5.41) is 11.0. The van der Waals surface area contributed by atoms with Crippen LogP contribution in [0.15, 0.2) is 35.1 Å². The number of ether oxygens (including phenoxy) is 1. The van der Waals surface area contributed by atoms with Crippen LogP contribution < -0.4 is 14.6 Å². The first-order valence-corrected chi connectivity index (χ1v) is 5.34. The zero-order valence-corrected chi connectivity index (χ0v) is 8.95. The summed E-state index contributed by atoms with van der Waals surface area (Å²) < 4.78 is 5.60. The first-order valence-electron chi connectivity index (χ1n) is 4.52. The molecule has 2 aromatic rings. The van der Waals surface area contributed by atoms with Crippen molar-refractivity contribution in [2.75, 3.05) is 6.61 Å². The van der Waals surface area contributed by atoms with Crippen LogP contribution in [0.4, 0.5) is 0 Å². The molecular weight excluding hydrogens is 228 g/mol. The number of carboxylic acid groups (broad SMARTS) is 1. The lowest BCUT2D eigenvalue weighted by molar-refractivity contribution is -0.307. The van der Waals surface area contributed by atoms with E-state index in [9.17, 15) is 14.7 Å². The van der Waals surface area contributed by atoms with Gasteiger partial charge in [-0.2, -0.15) is 0 Å². The Bertz CT molecular complexity index is 588. The van der Waals surface area contributed by atoms with Crippen molar-refractivity contribution in [1.29, 1.82) is 0 Å². The van der Waals surface area contributed by atoms with Crippen LogP contribution in [0.1, 0.15) is 0 Å². The fraction of sp³-hybridized carbons (Fsp3) is 0.0909. The highest BCUT2D eigenvalue weighted by Gasteiger charge is 2.04. The van der Waals surface area contributed by atoms with Crippen molar-refractivity contribution in [2.24, 2.45) is 0 Å². The van der Waals surface area contributed by atoms with E-state index in [0.717, 1.165) is 21.4 Å². The van der Waals surface area contributed by atoms with Gasteiger partial charge in [0.1, 0.15) is 12.4 Å². The number of fused-ring (bicyclic) bond motifs is 1. The number of rotatable bonds is 3. The van der Waals surface area contributed by atoms with Crippen molar-refractivity contribution in [2.45, 2.75) is 0 Å². The van der Waals surface area contributed by atoms with E-state index in [1.807, 2.05) is 0 Å². The average Bonchev–Trinajstić information content (AvgIpc) is 2.25. The number of aliphatic carboxylic acids is 1. The second-order valence-electron chi connectivity index (χ2n) is 3.09. The zero-order valence-electron chi connectivity index (χ0n) is 8.14. The summed E-state index contributed by atoms with van der Waals surface area (Å²) >= 11 is 1.09. The number of hydrogen-bond acceptors (Lipinski definition) is 5. The van der Waals surface area contributed by atoms with Crippen molar-refractivity contribution >= 4 is 27.4 Å². The molecule has 4 nitrogen and oxygen atoms in total. The minimum absolute atomic E-state index is 0.174. The van der Waals surface area contributed by atoms with Gasteiger partial charge in [0.05, 0.1) is 5.97 Å². The number of carboxylic acids is 1. The highest BCUT2D eigenvalue weighted by Crippen LogP contribution is 2.25. The zero-order chi connectivity index (χ0) is 11.5. The van der Waals surface area contributed by atoms with Crippen LogP contribution in [0, 0.1) is 0 Å². The van der Waals surface area contributed by atoms with Crippen molar-refractivity contribution < 1.29 is 14.6 Å². The quantitative estimate of drug-likeness (QED) is 0.771. The van der Waals surface area contributed by atoms with Crippen molar-refractivity contribution in [3.63, 3.8) is 0 Å². The second-order valence-corrected chi connectivity index (χ2v) is 4.13. The Morgan fingerprint density at radius 3 is 2.88 bits per heavy atom. The molecule has 1 heterocycles. The Kier molecular flexibility index (Phi) is 2.87. The molecule has 0 spiro atoms. The van der Waals surface area contributed by atoms with E-state index in [1.165, 1.54) is 6.07 Å². The molecule has 2 rings (SSSR count). The van der Waals surface area contributed by atoms with Gasteiger partial charge in [-0.15, -0.1) is 0 Å². The Hall–Kier alpha value is -1.88. The van der Waals surface area contributed by atoms with E-state index >= 15 is 0 Å². The minimum Gasteiger partial charge on any atom is -0.546 e. The third-order valence-corrected chi connectivity index (χ3v) is 2.85. The Balaban J connectivity index is 2.50. The maximum absolute atomic E-state index is 11.3. The third kappa shape index (κ3) is 2.20. The second kappa shape index (κ2) is 4.32. The van der Waals surface area contributed by atoms with Crippen LogP contribution in [0.3, 0.4) is 0 Å². The molecule has 0 aliphatic heterocycles. The lowest BCUT2D eigenvalue weighted by atomic mass is 10.2. The maximum Gasteiger partial charge on any atom is 0.236 e. The van der Waals surface area contributed by atoms with Crippen LogP contribution in [-0.4, -0.2) is 12.6 Å². The summed E-state index contributed by atoms with van der Waals surface area (Å²) in [6.07, 6.45) is 0. The summed E-state index contributed by atoms with van der Waals surface area (Å²) in [5.41, 5.74) is 0. The summed E-state index contributed by atoms with van der Waals surface area (Å²) in [6, 6.07) is 8.45. The van der Waals surface area contributed by atoms with Crippen LogP contribution in [0.5, 0.6) is 5.75 Å². The molecule has 82 valence electrons. The summed E-state index contributed by atoms with van der Waals surface area (Å²) in [4.78, 5) is 21.6. The van der Waals surface area contributed by atoms with Crippen LogP contribution in [0.25, 0.3) is 10.1 Å². The highest BCUT2D eigenvalue weighted by molar-refractivity contribution is 7.16. The monoisotopic (exact) mass is 235 g/mol. The molecule has 0 N–H and O–H groups in total. The van der Waals surface area contributed by atoms with Gasteiger partial charge in [-0.05, 0) is 12.1 Å². The highest BCUT2D eigenvalue weighted by atomic mass is 32.1. The van der Waals surface area contributed by atoms with Crippen LogP contribution in [-0.2, 0) is 4.79 Å². The summed E-state index contributed by atoms with van der Waals surface area (Å²) in [6.45, 7) is -0.557. The van der Waals surface area contributed by atoms with E-state index in [4.69, 9.17) is 4.74 Å². The minimum atomic E-state index is -1.32. The van der Waals surface area contributed by atoms with E-state index in [-0.39, 0.29) is 10.5 Å². The van der Waals surface area contributed by atoms with Crippen molar-refractivity contribution in [3.8, 4) is 5.75 Å². The molecule has 0 saturated heterocycles. The third-order valence-electron chi connectivity index (χ3n) is 1.96. The van der Waals surface area contributed by atoms with Crippen molar-refractivity contribution in [3.05, 3.63) is 39.9 Å². The van der Waals surface area contributed by atoms with E-state index in [2.05, 4.69) is 0 Å². The molecule has 0 atom stereocenters. The summed E-state index contributed by atoms with van der Waals surface area (Å²) in [5.74, 6) is -1.03. The van der Waals surface area contributed by atoms with Gasteiger partial charge in [-0.25, -0.2) is 0 Å². The van der Waals surface area contributed by atoms with Gasteiger partial charge in [0.15, 0.2) is 0 Å². The van der Waals surface area contributed by atoms with Crippen LogP contribution >= 0.6 is 11.3 Å². The molecule has 1 aromatic heterocycles. The molecule has 0 bridgehead atoms. The molecule has 16 heavy (non-hydrogen) atoms. The fourth-order valence-electron chi connectivity index (χ4n) is 1.34. The van der Waals surface area contributed by atoms with Gasteiger partial charge in [0, 0.05) is 16.2 Å². The fourth-order valence-corrected chi connectivity index (χ4v) is 2.15. The molecule has 0 fully saturated rings. The smallest absolute Gasteiger partial charge is 0.236 e. The van der Waals surface area contributed by atoms with E-state index < -0.39 is 12.6 Å². The van der Waals surface area contributed by atoms with Gasteiger partial charge < -0.3 is 14.6 Å². The maximum atomic E-state index is 11.3. The van der Waals surface area contributed by atoms with Crippen LogP contribution in [0.2, 0.25) is 0 Å². The standard InChI is InChI=1S/C11H8O4S/c12-10(13)6-15-8-5-11(14)16-9-4-2-1-3-7(8)9/h1-5H,6H2,(H,12,13)/p-1. The molecule has 1 aromatic carbocycles. The first-order chi connectivity index (χ1) is 7.66. The number of benzene rings is 1. The number of hydrogen-bond donors (Lipinski definition) is 0. The molecule has 5 heteroatoms. The molecule has 0 amide bonds. The Morgan fingerprint density at radius 1 is 1.38 bits per heavy atom. The topological polar surface area (TPSA) is 66.4 Å². The predicted molar refractivity (Wildman–Crippen MR) is 58.6 cm³/mol. The van der Waals surface area contributed by atoms with E-state index in [1.54, 1.807) is 24.3 Å². The molecule has 0 unspecified atom stereocenters. The van der Waals surface area contributed by atoms with Gasteiger partial charge >= 0.3 is 0 Å². The molecule has 0 saturated carbocycles. The van der Waals surface area contributed by atoms with Crippen molar-refractivity contribution in [1.82, 2.24) is 0 Å². The SMILES string of the molecule is O=C([O-])COc1cc(=O)sc2ccccc12. The lowest BCUT2D eigenvalue weighted by Crippen LogP contribution is -2.29. The normalized spacial score (nSPS) is 10.2. The van der Waals surface area contributed by atoms with Gasteiger partial charge in [0.25, 0.3) is 0 Å².